The number of halogens is 2. The number of anilines is 2. The fourth-order valence-corrected chi connectivity index (χ4v) is 3.04. The minimum Gasteiger partial charge on any atom is -0.467 e. The van der Waals surface area contributed by atoms with Crippen LogP contribution in [0.15, 0.2) is 76.2 Å². The molecule has 3 aromatic rings. The third-order valence-electron chi connectivity index (χ3n) is 3.88. The van der Waals surface area contributed by atoms with Gasteiger partial charge in [0.2, 0.25) is 0 Å². The van der Waals surface area contributed by atoms with Crippen LogP contribution in [0.5, 0.6) is 0 Å². The van der Waals surface area contributed by atoms with E-state index in [-0.39, 0.29) is 5.56 Å². The molecule has 2 N–H and O–H groups in total. The first-order chi connectivity index (χ1) is 14.5. The number of para-hydroxylation sites is 1. The number of esters is 1. The Morgan fingerprint density at radius 2 is 1.80 bits per heavy atom. The molecule has 1 amide bonds. The zero-order chi connectivity index (χ0) is 21.3. The molecule has 0 atom stereocenters. The molecule has 6 nitrogen and oxygen atoms in total. The van der Waals surface area contributed by atoms with Crippen molar-refractivity contribution in [1.29, 1.82) is 0 Å². The third-order valence-corrected chi connectivity index (χ3v) is 4.60. The lowest BCUT2D eigenvalue weighted by Gasteiger charge is -2.11. The summed E-state index contributed by atoms with van der Waals surface area (Å²) in [6.07, 6.45) is 1.56. The number of carbonyl (C=O) groups excluding carboxylic acids is 2. The first kappa shape index (κ1) is 21.4. The van der Waals surface area contributed by atoms with Crippen LogP contribution in [-0.2, 0) is 16.1 Å². The molecular weight excluding hydrogens is 414 g/mol. The number of benzene rings is 2. The molecule has 2 aromatic carbocycles. The predicted octanol–water partition coefficient (Wildman–Crippen LogP) is 5.00. The number of ether oxygens (including phenoxy) is 1. The molecule has 0 fully saturated rings. The molecule has 0 aliphatic carbocycles. The van der Waals surface area contributed by atoms with Crippen molar-refractivity contribution in [1.82, 2.24) is 0 Å². The van der Waals surface area contributed by atoms with Crippen LogP contribution in [0.2, 0.25) is 0 Å². The van der Waals surface area contributed by atoms with Gasteiger partial charge in [0.1, 0.15) is 5.76 Å². The van der Waals surface area contributed by atoms with E-state index in [0.29, 0.717) is 40.3 Å². The average molecular weight is 432 g/mol. The smallest absolute Gasteiger partial charge is 0.340 e. The molecule has 0 saturated carbocycles. The topological polar surface area (TPSA) is 80.6 Å². The van der Waals surface area contributed by atoms with Crippen molar-refractivity contribution < 1.29 is 27.5 Å². The highest BCUT2D eigenvalue weighted by molar-refractivity contribution is 7.99. The van der Waals surface area contributed by atoms with Crippen LogP contribution in [0.4, 0.5) is 20.2 Å². The molecular formula is C21H18F2N2O4S. The molecule has 156 valence electrons. The maximum atomic E-state index is 12.4. The standard InChI is InChI=1S/C21H18F2N2O4S/c22-21(23)30-16-9-7-14(8-10-16)25-19(26)13-29-20(27)17-5-1-2-6-18(17)24-12-15-4-3-11-28-15/h1-11,21,24H,12-13H2,(H,25,26). The fourth-order valence-electron chi connectivity index (χ4n) is 2.54. The van der Waals surface area contributed by atoms with Crippen molar-refractivity contribution in [3.63, 3.8) is 0 Å². The van der Waals surface area contributed by atoms with E-state index in [1.807, 2.05) is 0 Å². The van der Waals surface area contributed by atoms with E-state index < -0.39 is 24.2 Å². The van der Waals surface area contributed by atoms with Gasteiger partial charge in [-0.25, -0.2) is 4.79 Å². The highest BCUT2D eigenvalue weighted by atomic mass is 32.2. The molecule has 0 aliphatic heterocycles. The van der Waals surface area contributed by atoms with Gasteiger partial charge in [-0.15, -0.1) is 0 Å². The van der Waals surface area contributed by atoms with Crippen molar-refractivity contribution in [2.24, 2.45) is 0 Å². The molecule has 0 bridgehead atoms. The van der Waals surface area contributed by atoms with Crippen LogP contribution in [0.1, 0.15) is 16.1 Å². The van der Waals surface area contributed by atoms with E-state index in [2.05, 4.69) is 10.6 Å². The largest absolute Gasteiger partial charge is 0.467 e. The summed E-state index contributed by atoms with van der Waals surface area (Å²) in [6, 6.07) is 16.3. The summed E-state index contributed by atoms with van der Waals surface area (Å²) < 4.78 is 35.0. The zero-order valence-electron chi connectivity index (χ0n) is 15.6. The summed E-state index contributed by atoms with van der Waals surface area (Å²) in [6.45, 7) is -0.101. The lowest BCUT2D eigenvalue weighted by Crippen LogP contribution is -2.21. The highest BCUT2D eigenvalue weighted by Crippen LogP contribution is 2.26. The molecule has 0 radical (unpaired) electrons. The Labute approximate surface area is 175 Å². The number of thioether (sulfide) groups is 1. The lowest BCUT2D eigenvalue weighted by molar-refractivity contribution is -0.119. The van der Waals surface area contributed by atoms with Gasteiger partial charge in [0.05, 0.1) is 18.4 Å². The van der Waals surface area contributed by atoms with Crippen LogP contribution in [0.3, 0.4) is 0 Å². The van der Waals surface area contributed by atoms with Gasteiger partial charge in [-0.2, -0.15) is 8.78 Å². The third kappa shape index (κ3) is 6.35. The first-order valence-corrected chi connectivity index (χ1v) is 9.76. The second-order valence-electron chi connectivity index (χ2n) is 6.01. The quantitative estimate of drug-likeness (QED) is 0.366. The molecule has 0 spiro atoms. The Balaban J connectivity index is 1.52. The summed E-state index contributed by atoms with van der Waals surface area (Å²) >= 11 is 0.415. The minimum atomic E-state index is -2.51. The number of hydrogen-bond donors (Lipinski definition) is 2. The molecule has 3 rings (SSSR count). The maximum Gasteiger partial charge on any atom is 0.340 e. The van der Waals surface area contributed by atoms with Crippen LogP contribution in [0.25, 0.3) is 0 Å². The SMILES string of the molecule is O=C(COC(=O)c1ccccc1NCc1ccco1)Nc1ccc(SC(F)F)cc1. The van der Waals surface area contributed by atoms with Gasteiger partial charge in [0.15, 0.2) is 6.61 Å². The highest BCUT2D eigenvalue weighted by Gasteiger charge is 2.15. The zero-order valence-corrected chi connectivity index (χ0v) is 16.5. The normalized spacial score (nSPS) is 10.6. The van der Waals surface area contributed by atoms with Gasteiger partial charge in [0, 0.05) is 16.3 Å². The van der Waals surface area contributed by atoms with Gasteiger partial charge in [-0.05, 0) is 48.5 Å². The molecule has 9 heteroatoms. The summed E-state index contributed by atoms with van der Waals surface area (Å²) in [4.78, 5) is 24.8. The second kappa shape index (κ2) is 10.4. The molecule has 0 saturated heterocycles. The van der Waals surface area contributed by atoms with Gasteiger partial charge in [0.25, 0.3) is 11.7 Å². The van der Waals surface area contributed by atoms with Gasteiger partial charge in [-0.3, -0.25) is 4.79 Å². The molecule has 0 unspecified atom stereocenters. The molecule has 1 aromatic heterocycles. The molecule has 0 aliphatic rings. The van der Waals surface area contributed by atoms with Gasteiger partial charge >= 0.3 is 5.97 Å². The van der Waals surface area contributed by atoms with Gasteiger partial charge in [-0.1, -0.05) is 23.9 Å². The number of nitrogens with one attached hydrogen (secondary N) is 2. The van der Waals surface area contributed by atoms with Crippen LogP contribution < -0.4 is 10.6 Å². The minimum absolute atomic E-state index is 0.283. The van der Waals surface area contributed by atoms with E-state index in [4.69, 9.17) is 9.15 Å². The van der Waals surface area contributed by atoms with E-state index in [1.54, 1.807) is 42.7 Å². The Kier molecular flexibility index (Phi) is 7.45. The summed E-state index contributed by atoms with van der Waals surface area (Å²) in [5, 5.41) is 5.64. The number of furan rings is 1. The van der Waals surface area contributed by atoms with Gasteiger partial charge < -0.3 is 19.8 Å². The van der Waals surface area contributed by atoms with Crippen molar-refractivity contribution in [2.45, 2.75) is 17.2 Å². The van der Waals surface area contributed by atoms with Crippen molar-refractivity contribution >= 4 is 35.0 Å². The Morgan fingerprint density at radius 3 is 2.50 bits per heavy atom. The number of carbonyl (C=O) groups is 2. The number of alkyl halides is 2. The van der Waals surface area contributed by atoms with Crippen molar-refractivity contribution in [2.75, 3.05) is 17.2 Å². The monoisotopic (exact) mass is 432 g/mol. The Hall–Kier alpha value is -3.33. The number of amides is 1. The van der Waals surface area contributed by atoms with Crippen molar-refractivity contribution in [3.8, 4) is 0 Å². The number of rotatable bonds is 9. The predicted molar refractivity (Wildman–Crippen MR) is 110 cm³/mol. The summed E-state index contributed by atoms with van der Waals surface area (Å²) in [5.74, 6) is -3.01. The fraction of sp³-hybridized carbons (Fsp3) is 0.143. The summed E-state index contributed by atoms with van der Waals surface area (Å²) in [5.41, 5.74) is 1.24. The first-order valence-electron chi connectivity index (χ1n) is 8.88. The molecule has 1 heterocycles. The van der Waals surface area contributed by atoms with Crippen LogP contribution in [-0.4, -0.2) is 24.2 Å². The van der Waals surface area contributed by atoms with E-state index in [0.717, 1.165) is 0 Å². The summed E-state index contributed by atoms with van der Waals surface area (Å²) in [7, 11) is 0. The van der Waals surface area contributed by atoms with E-state index >= 15 is 0 Å². The molecule has 30 heavy (non-hydrogen) atoms. The van der Waals surface area contributed by atoms with E-state index in [9.17, 15) is 18.4 Å². The average Bonchev–Trinajstić information content (AvgIpc) is 3.25. The maximum absolute atomic E-state index is 12.4. The van der Waals surface area contributed by atoms with Crippen LogP contribution in [0, 0.1) is 0 Å². The van der Waals surface area contributed by atoms with E-state index in [1.165, 1.54) is 24.3 Å². The van der Waals surface area contributed by atoms with Crippen molar-refractivity contribution in [3.05, 3.63) is 78.3 Å². The number of hydrogen-bond acceptors (Lipinski definition) is 6. The van der Waals surface area contributed by atoms with Crippen LogP contribution >= 0.6 is 11.8 Å². The Bertz CT molecular complexity index is 979. The second-order valence-corrected chi connectivity index (χ2v) is 7.07. The Morgan fingerprint density at radius 1 is 1.03 bits per heavy atom. The lowest BCUT2D eigenvalue weighted by atomic mass is 10.2.